The first-order valence-electron chi connectivity index (χ1n) is 5.49. The molecule has 0 aliphatic carbocycles. The molecule has 0 spiro atoms. The van der Waals surface area contributed by atoms with Gasteiger partial charge in [0.1, 0.15) is 12.4 Å². The summed E-state index contributed by atoms with van der Waals surface area (Å²) < 4.78 is 57.8. The van der Waals surface area contributed by atoms with Gasteiger partial charge in [-0.3, -0.25) is 9.59 Å². The van der Waals surface area contributed by atoms with Crippen LogP contribution in [0.2, 0.25) is 0 Å². The molecule has 0 fully saturated rings. The molecule has 0 unspecified atom stereocenters. The summed E-state index contributed by atoms with van der Waals surface area (Å²) >= 11 is 0. The van der Waals surface area contributed by atoms with Gasteiger partial charge < -0.3 is 14.5 Å². The van der Waals surface area contributed by atoms with Gasteiger partial charge in [0.05, 0.1) is 18.6 Å². The number of hydrogen-bond donors (Lipinski definition) is 1. The number of ether oxygens (including phenoxy) is 2. The zero-order valence-electron chi connectivity index (χ0n) is 10.3. The van der Waals surface area contributed by atoms with Gasteiger partial charge in [-0.15, -0.1) is 13.2 Å². The SMILES string of the molecule is CCOC(=O)Cc1c[nH]c(=O)c(CF)c1OC(F)(F)F. The third-order valence-electron chi connectivity index (χ3n) is 2.21. The lowest BCUT2D eigenvalue weighted by molar-refractivity contribution is -0.275. The maximum atomic E-state index is 12.7. The fraction of sp³-hybridized carbons (Fsp3) is 0.455. The number of hydrogen-bond acceptors (Lipinski definition) is 4. The lowest BCUT2D eigenvalue weighted by atomic mass is 10.1. The topological polar surface area (TPSA) is 68.4 Å². The number of carbonyl (C=O) groups excluding carboxylic acids is 1. The van der Waals surface area contributed by atoms with Crippen LogP contribution in [0.3, 0.4) is 0 Å². The van der Waals surface area contributed by atoms with Crippen molar-refractivity contribution in [1.82, 2.24) is 4.98 Å². The molecule has 0 saturated heterocycles. The minimum absolute atomic E-state index is 0.0353. The summed E-state index contributed by atoms with van der Waals surface area (Å²) in [6.45, 7) is 0.0932. The number of pyridine rings is 1. The van der Waals surface area contributed by atoms with Gasteiger partial charge in [0.2, 0.25) is 0 Å². The van der Waals surface area contributed by atoms with Crippen molar-refractivity contribution in [1.29, 1.82) is 0 Å². The number of rotatable bonds is 5. The summed E-state index contributed by atoms with van der Waals surface area (Å²) in [6.07, 6.45) is -4.83. The van der Waals surface area contributed by atoms with Gasteiger partial charge >= 0.3 is 12.3 Å². The molecular formula is C11H11F4NO4. The van der Waals surface area contributed by atoms with E-state index in [1.165, 1.54) is 6.92 Å². The third kappa shape index (κ3) is 4.25. The Hall–Kier alpha value is -2.06. The summed E-state index contributed by atoms with van der Waals surface area (Å²) in [5.74, 6) is -1.83. The van der Waals surface area contributed by atoms with Crippen LogP contribution in [0.1, 0.15) is 18.1 Å². The Balaban J connectivity index is 3.22. The van der Waals surface area contributed by atoms with Crippen molar-refractivity contribution in [2.24, 2.45) is 0 Å². The van der Waals surface area contributed by atoms with E-state index in [0.717, 1.165) is 6.20 Å². The van der Waals surface area contributed by atoms with E-state index in [2.05, 4.69) is 9.47 Å². The number of aromatic amines is 1. The van der Waals surface area contributed by atoms with Crippen LogP contribution in [0.25, 0.3) is 0 Å². The van der Waals surface area contributed by atoms with Crippen molar-refractivity contribution in [3.8, 4) is 5.75 Å². The molecule has 1 N–H and O–H groups in total. The van der Waals surface area contributed by atoms with Crippen LogP contribution >= 0.6 is 0 Å². The van der Waals surface area contributed by atoms with Crippen molar-refractivity contribution < 1.29 is 31.8 Å². The number of halogens is 4. The van der Waals surface area contributed by atoms with Gasteiger partial charge in [-0.25, -0.2) is 4.39 Å². The lowest BCUT2D eigenvalue weighted by Gasteiger charge is -2.15. The number of alkyl halides is 4. The Kier molecular flexibility index (Phi) is 5.12. The summed E-state index contributed by atoms with van der Waals surface area (Å²) in [4.78, 5) is 24.6. The molecule has 1 aromatic heterocycles. The van der Waals surface area contributed by atoms with Gasteiger partial charge in [0.15, 0.2) is 0 Å². The molecule has 0 radical (unpaired) electrons. The van der Waals surface area contributed by atoms with Gasteiger partial charge in [-0.1, -0.05) is 0 Å². The van der Waals surface area contributed by atoms with Crippen molar-refractivity contribution >= 4 is 5.97 Å². The molecule has 0 atom stereocenters. The number of nitrogens with one attached hydrogen (secondary N) is 1. The summed E-state index contributed by atoms with van der Waals surface area (Å²) in [6, 6.07) is 0. The standard InChI is InChI=1S/C11H11F4NO4/c1-2-19-8(17)3-6-5-16-10(18)7(4-12)9(6)20-11(13,14)15/h5H,2-4H2,1H3,(H,16,18). The van der Waals surface area contributed by atoms with Gasteiger partial charge in [-0.2, -0.15) is 0 Å². The van der Waals surface area contributed by atoms with Crippen molar-refractivity contribution in [3.63, 3.8) is 0 Å². The Morgan fingerprint density at radius 2 is 2.05 bits per heavy atom. The molecule has 1 rings (SSSR count). The van der Waals surface area contributed by atoms with E-state index in [9.17, 15) is 27.2 Å². The van der Waals surface area contributed by atoms with E-state index < -0.39 is 42.3 Å². The molecule has 0 aliphatic heterocycles. The largest absolute Gasteiger partial charge is 0.573 e. The van der Waals surface area contributed by atoms with Crippen LogP contribution in [0.4, 0.5) is 17.6 Å². The Labute approximate surface area is 110 Å². The molecular weight excluding hydrogens is 286 g/mol. The number of aromatic nitrogens is 1. The highest BCUT2D eigenvalue weighted by Crippen LogP contribution is 2.29. The summed E-state index contributed by atoms with van der Waals surface area (Å²) in [7, 11) is 0. The predicted molar refractivity (Wildman–Crippen MR) is 58.9 cm³/mol. The van der Waals surface area contributed by atoms with Crippen LogP contribution in [0.15, 0.2) is 11.0 Å². The lowest BCUT2D eigenvalue weighted by Crippen LogP contribution is -2.24. The normalized spacial score (nSPS) is 11.2. The molecule has 0 saturated carbocycles. The Morgan fingerprint density at radius 1 is 1.40 bits per heavy atom. The highest BCUT2D eigenvalue weighted by molar-refractivity contribution is 5.73. The van der Waals surface area contributed by atoms with Crippen molar-refractivity contribution in [2.45, 2.75) is 26.4 Å². The smallest absolute Gasteiger partial charge is 0.466 e. The van der Waals surface area contributed by atoms with Crippen LogP contribution in [0, 0.1) is 0 Å². The highest BCUT2D eigenvalue weighted by Gasteiger charge is 2.34. The molecule has 1 aromatic rings. The average molecular weight is 297 g/mol. The zero-order chi connectivity index (χ0) is 15.3. The predicted octanol–water partition coefficient (Wildman–Crippen LogP) is 1.85. The molecule has 1 heterocycles. The van der Waals surface area contributed by atoms with E-state index in [1.54, 1.807) is 0 Å². The second-order valence-corrected chi connectivity index (χ2v) is 3.61. The van der Waals surface area contributed by atoms with E-state index in [1.807, 2.05) is 4.98 Å². The molecule has 20 heavy (non-hydrogen) atoms. The molecule has 0 aromatic carbocycles. The van der Waals surface area contributed by atoms with E-state index in [4.69, 9.17) is 0 Å². The Bertz CT molecular complexity index is 538. The van der Waals surface area contributed by atoms with Crippen LogP contribution in [-0.2, 0) is 22.6 Å². The first-order valence-corrected chi connectivity index (χ1v) is 5.49. The molecule has 0 aliphatic rings. The number of esters is 1. The van der Waals surface area contributed by atoms with Gasteiger partial charge in [0.25, 0.3) is 5.56 Å². The first kappa shape index (κ1) is 16.0. The third-order valence-corrected chi connectivity index (χ3v) is 2.21. The molecule has 0 amide bonds. The maximum absolute atomic E-state index is 12.7. The van der Waals surface area contributed by atoms with E-state index >= 15 is 0 Å². The van der Waals surface area contributed by atoms with Gasteiger partial charge in [-0.05, 0) is 6.92 Å². The summed E-state index contributed by atoms with van der Waals surface area (Å²) in [5.41, 5.74) is -2.20. The average Bonchev–Trinajstić information content (AvgIpc) is 2.31. The quantitative estimate of drug-likeness (QED) is 0.665. The van der Waals surface area contributed by atoms with Crippen LogP contribution in [0.5, 0.6) is 5.75 Å². The minimum Gasteiger partial charge on any atom is -0.466 e. The van der Waals surface area contributed by atoms with E-state index in [0.29, 0.717) is 0 Å². The second-order valence-electron chi connectivity index (χ2n) is 3.61. The monoisotopic (exact) mass is 297 g/mol. The fourth-order valence-corrected chi connectivity index (χ4v) is 1.47. The first-order chi connectivity index (χ1) is 9.28. The fourth-order valence-electron chi connectivity index (χ4n) is 1.47. The van der Waals surface area contributed by atoms with Crippen molar-refractivity contribution in [2.75, 3.05) is 6.61 Å². The molecule has 9 heteroatoms. The zero-order valence-corrected chi connectivity index (χ0v) is 10.3. The van der Waals surface area contributed by atoms with Crippen molar-refractivity contribution in [3.05, 3.63) is 27.7 Å². The molecule has 112 valence electrons. The highest BCUT2D eigenvalue weighted by atomic mass is 19.4. The minimum atomic E-state index is -5.11. The number of H-pyrrole nitrogens is 1. The number of carbonyl (C=O) groups is 1. The second kappa shape index (κ2) is 6.40. The molecule has 0 bridgehead atoms. The van der Waals surface area contributed by atoms with Crippen LogP contribution < -0.4 is 10.3 Å². The molecule has 5 nitrogen and oxygen atoms in total. The summed E-state index contributed by atoms with van der Waals surface area (Å²) in [5, 5.41) is 0. The van der Waals surface area contributed by atoms with Gasteiger partial charge in [0, 0.05) is 11.8 Å². The van der Waals surface area contributed by atoms with Crippen LogP contribution in [-0.4, -0.2) is 23.9 Å². The van der Waals surface area contributed by atoms with E-state index in [-0.39, 0.29) is 12.2 Å². The maximum Gasteiger partial charge on any atom is 0.573 e. The Morgan fingerprint density at radius 3 is 2.55 bits per heavy atom.